The Kier molecular flexibility index (Phi) is 5.43. The van der Waals surface area contributed by atoms with E-state index in [4.69, 9.17) is 4.98 Å². The molecule has 0 radical (unpaired) electrons. The van der Waals surface area contributed by atoms with Crippen molar-refractivity contribution >= 4 is 11.9 Å². The van der Waals surface area contributed by atoms with Crippen LogP contribution in [-0.4, -0.2) is 65.1 Å². The lowest BCUT2D eigenvalue weighted by atomic mass is 10.2. The van der Waals surface area contributed by atoms with E-state index in [1.165, 1.54) is 5.56 Å². The average molecular weight is 341 g/mol. The number of anilines is 2. The smallest absolute Gasteiger partial charge is 0.230 e. The fourth-order valence-corrected chi connectivity index (χ4v) is 2.82. The maximum Gasteiger partial charge on any atom is 0.230 e. The molecule has 3 rings (SSSR count). The third-order valence-corrected chi connectivity index (χ3v) is 4.36. The molecule has 1 saturated heterocycles. The third kappa shape index (κ3) is 4.42. The van der Waals surface area contributed by atoms with E-state index in [2.05, 4.69) is 50.7 Å². The Morgan fingerprint density at radius 1 is 1.00 bits per heavy atom. The highest BCUT2D eigenvalue weighted by molar-refractivity contribution is 5.39. The van der Waals surface area contributed by atoms with Gasteiger partial charge in [0.1, 0.15) is 5.82 Å². The van der Waals surface area contributed by atoms with Gasteiger partial charge in [0.15, 0.2) is 0 Å². The quantitative estimate of drug-likeness (QED) is 0.821. The molecule has 0 spiro atoms. The van der Waals surface area contributed by atoms with E-state index >= 15 is 0 Å². The van der Waals surface area contributed by atoms with Crippen molar-refractivity contribution in [3.8, 4) is 0 Å². The van der Waals surface area contributed by atoms with E-state index in [-0.39, 0.29) is 5.92 Å². The lowest BCUT2D eigenvalue weighted by Crippen LogP contribution is -2.46. The second-order valence-electron chi connectivity index (χ2n) is 6.96. The highest BCUT2D eigenvalue weighted by atomic mass is 15.4. The van der Waals surface area contributed by atoms with Crippen molar-refractivity contribution in [1.82, 2.24) is 24.8 Å². The lowest BCUT2D eigenvalue weighted by molar-refractivity contribution is 0.248. The summed E-state index contributed by atoms with van der Waals surface area (Å²) in [7, 11) is 3.94. The van der Waals surface area contributed by atoms with E-state index in [9.17, 15) is 0 Å². The summed E-state index contributed by atoms with van der Waals surface area (Å²) >= 11 is 0. The molecular formula is C18H27N7. The van der Waals surface area contributed by atoms with Crippen LogP contribution in [0.15, 0.2) is 24.5 Å². The summed E-state index contributed by atoms with van der Waals surface area (Å²) in [6.45, 7) is 9.06. The van der Waals surface area contributed by atoms with Crippen molar-refractivity contribution in [2.45, 2.75) is 26.3 Å². The van der Waals surface area contributed by atoms with Gasteiger partial charge in [-0.2, -0.15) is 15.0 Å². The molecule has 134 valence electrons. The molecule has 0 amide bonds. The van der Waals surface area contributed by atoms with Crippen LogP contribution in [0.2, 0.25) is 0 Å². The summed E-state index contributed by atoms with van der Waals surface area (Å²) in [4.78, 5) is 24.7. The van der Waals surface area contributed by atoms with Gasteiger partial charge in [-0.25, -0.2) is 0 Å². The normalized spacial score (nSPS) is 15.6. The van der Waals surface area contributed by atoms with Gasteiger partial charge in [-0.15, -0.1) is 0 Å². The summed E-state index contributed by atoms with van der Waals surface area (Å²) < 4.78 is 0. The molecule has 7 heteroatoms. The maximum atomic E-state index is 4.70. The van der Waals surface area contributed by atoms with Crippen molar-refractivity contribution in [2.24, 2.45) is 0 Å². The molecule has 2 aromatic heterocycles. The number of aromatic nitrogens is 4. The number of hydrogen-bond donors (Lipinski definition) is 0. The third-order valence-electron chi connectivity index (χ3n) is 4.36. The van der Waals surface area contributed by atoms with Gasteiger partial charge in [0, 0.05) is 65.1 Å². The number of piperazine rings is 1. The van der Waals surface area contributed by atoms with Crippen LogP contribution in [0, 0.1) is 0 Å². The molecule has 25 heavy (non-hydrogen) atoms. The molecule has 0 aromatic carbocycles. The minimum Gasteiger partial charge on any atom is -0.347 e. The Balaban J connectivity index is 1.68. The Labute approximate surface area is 149 Å². The molecule has 0 N–H and O–H groups in total. The standard InChI is InChI=1S/C18H27N7/c1-14(2)16-20-17(23(3)4)22-18(21-16)25-11-9-24(10-12-25)13-15-5-7-19-8-6-15/h5-8,14H,9-13H2,1-4H3. The van der Waals surface area contributed by atoms with Gasteiger partial charge in [-0.1, -0.05) is 13.8 Å². The summed E-state index contributed by atoms with van der Waals surface area (Å²) in [5.74, 6) is 2.67. The van der Waals surface area contributed by atoms with Crippen LogP contribution >= 0.6 is 0 Å². The molecule has 0 bridgehead atoms. The molecule has 0 unspecified atom stereocenters. The number of rotatable bonds is 5. The molecule has 2 aromatic rings. The van der Waals surface area contributed by atoms with Gasteiger partial charge >= 0.3 is 0 Å². The highest BCUT2D eigenvalue weighted by Crippen LogP contribution is 2.19. The maximum absolute atomic E-state index is 4.70. The largest absolute Gasteiger partial charge is 0.347 e. The molecular weight excluding hydrogens is 314 g/mol. The molecule has 1 aliphatic heterocycles. The van der Waals surface area contributed by atoms with Crippen molar-refractivity contribution in [1.29, 1.82) is 0 Å². The number of nitrogens with zero attached hydrogens (tertiary/aromatic N) is 7. The summed E-state index contributed by atoms with van der Waals surface area (Å²) in [5.41, 5.74) is 1.31. The van der Waals surface area contributed by atoms with Crippen LogP contribution in [0.3, 0.4) is 0 Å². The number of hydrogen-bond acceptors (Lipinski definition) is 7. The first-order valence-electron chi connectivity index (χ1n) is 8.82. The lowest BCUT2D eigenvalue weighted by Gasteiger charge is -2.35. The summed E-state index contributed by atoms with van der Waals surface area (Å²) in [6.07, 6.45) is 3.71. The zero-order valence-electron chi connectivity index (χ0n) is 15.6. The topological polar surface area (TPSA) is 61.3 Å². The molecule has 1 aliphatic rings. The minimum atomic E-state index is 0.286. The molecule has 0 saturated carbocycles. The first-order chi connectivity index (χ1) is 12.0. The van der Waals surface area contributed by atoms with Crippen molar-refractivity contribution < 1.29 is 0 Å². The fourth-order valence-electron chi connectivity index (χ4n) is 2.82. The molecule has 7 nitrogen and oxygen atoms in total. The van der Waals surface area contributed by atoms with Crippen LogP contribution in [0.4, 0.5) is 11.9 Å². The van der Waals surface area contributed by atoms with E-state index < -0.39 is 0 Å². The zero-order chi connectivity index (χ0) is 17.8. The van der Waals surface area contributed by atoms with Gasteiger partial charge < -0.3 is 9.80 Å². The van der Waals surface area contributed by atoms with Crippen LogP contribution in [0.1, 0.15) is 31.2 Å². The predicted octanol–water partition coefficient (Wildman–Crippen LogP) is 1.78. The first-order valence-corrected chi connectivity index (χ1v) is 8.82. The van der Waals surface area contributed by atoms with Gasteiger partial charge in [0.2, 0.25) is 11.9 Å². The van der Waals surface area contributed by atoms with E-state index in [0.29, 0.717) is 0 Å². The Bertz CT molecular complexity index is 653. The Morgan fingerprint density at radius 2 is 1.68 bits per heavy atom. The average Bonchev–Trinajstić information content (AvgIpc) is 2.62. The van der Waals surface area contributed by atoms with E-state index in [0.717, 1.165) is 50.4 Å². The summed E-state index contributed by atoms with van der Waals surface area (Å²) in [6, 6.07) is 4.16. The van der Waals surface area contributed by atoms with Crippen LogP contribution in [-0.2, 0) is 6.54 Å². The van der Waals surface area contributed by atoms with Crippen molar-refractivity contribution in [3.63, 3.8) is 0 Å². The van der Waals surface area contributed by atoms with E-state index in [1.807, 2.05) is 31.4 Å². The first kappa shape index (κ1) is 17.5. The minimum absolute atomic E-state index is 0.286. The van der Waals surface area contributed by atoms with Gasteiger partial charge in [-0.05, 0) is 17.7 Å². The van der Waals surface area contributed by atoms with Crippen molar-refractivity contribution in [2.75, 3.05) is 50.1 Å². The van der Waals surface area contributed by atoms with Crippen LogP contribution < -0.4 is 9.80 Å². The van der Waals surface area contributed by atoms with Crippen molar-refractivity contribution in [3.05, 3.63) is 35.9 Å². The van der Waals surface area contributed by atoms with E-state index in [1.54, 1.807) is 0 Å². The second-order valence-corrected chi connectivity index (χ2v) is 6.96. The zero-order valence-corrected chi connectivity index (χ0v) is 15.6. The monoisotopic (exact) mass is 341 g/mol. The van der Waals surface area contributed by atoms with Gasteiger partial charge in [0.05, 0.1) is 0 Å². The SMILES string of the molecule is CC(C)c1nc(N(C)C)nc(N2CCN(Cc3ccncc3)CC2)n1. The van der Waals surface area contributed by atoms with Crippen LogP contribution in [0.25, 0.3) is 0 Å². The fraction of sp³-hybridized carbons (Fsp3) is 0.556. The van der Waals surface area contributed by atoms with Gasteiger partial charge in [-0.3, -0.25) is 9.88 Å². The molecule has 0 atom stereocenters. The Hall–Kier alpha value is -2.28. The second kappa shape index (κ2) is 7.74. The molecule has 1 fully saturated rings. The summed E-state index contributed by atoms with van der Waals surface area (Å²) in [5, 5.41) is 0. The Morgan fingerprint density at radius 3 is 2.28 bits per heavy atom. The molecule has 0 aliphatic carbocycles. The molecule has 3 heterocycles. The highest BCUT2D eigenvalue weighted by Gasteiger charge is 2.21. The van der Waals surface area contributed by atoms with Gasteiger partial charge in [0.25, 0.3) is 0 Å². The predicted molar refractivity (Wildman–Crippen MR) is 100.0 cm³/mol. The van der Waals surface area contributed by atoms with Crippen LogP contribution in [0.5, 0.6) is 0 Å². The number of pyridine rings is 1.